The quantitative estimate of drug-likeness (QED) is 0.616. The van der Waals surface area contributed by atoms with Crippen molar-refractivity contribution in [1.82, 2.24) is 10.2 Å². The number of benzene rings is 1. The third-order valence-corrected chi connectivity index (χ3v) is 7.54. The van der Waals surface area contributed by atoms with Gasteiger partial charge >= 0.3 is 12.2 Å². The molecule has 5 atom stereocenters. The van der Waals surface area contributed by atoms with Gasteiger partial charge in [0.2, 0.25) is 0 Å². The normalized spacial score (nSPS) is 35.5. The molecular formula is C21H21F3N2O3. The molecule has 29 heavy (non-hydrogen) atoms. The number of carbonyl (C=O) groups excluding carboxylic acids is 3. The van der Waals surface area contributed by atoms with E-state index in [1.54, 1.807) is 0 Å². The molecule has 2 bridgehead atoms. The highest BCUT2D eigenvalue weighted by molar-refractivity contribution is 6.11. The number of Topliss-reactive ketones (excluding diaryl/α,β-unsaturated/α-hetero) is 1. The summed E-state index contributed by atoms with van der Waals surface area (Å²) in [6.45, 7) is -0.542. The minimum Gasteiger partial charge on any atom is -0.323 e. The molecule has 1 spiro atoms. The van der Waals surface area contributed by atoms with Crippen LogP contribution in [-0.2, 0) is 11.0 Å². The molecule has 0 radical (unpaired) electrons. The second-order valence-corrected chi connectivity index (χ2v) is 8.86. The first-order valence-corrected chi connectivity index (χ1v) is 10.1. The highest BCUT2D eigenvalue weighted by atomic mass is 19.4. The molecule has 3 saturated carbocycles. The average Bonchev–Trinajstić information content (AvgIpc) is 3.40. The van der Waals surface area contributed by atoms with E-state index in [2.05, 4.69) is 5.32 Å². The first-order valence-electron chi connectivity index (χ1n) is 10.1. The Labute approximate surface area is 165 Å². The van der Waals surface area contributed by atoms with Gasteiger partial charge in [0.1, 0.15) is 5.54 Å². The van der Waals surface area contributed by atoms with Gasteiger partial charge in [0.15, 0.2) is 5.78 Å². The van der Waals surface area contributed by atoms with Crippen LogP contribution in [0.4, 0.5) is 18.0 Å². The summed E-state index contributed by atoms with van der Waals surface area (Å²) in [4.78, 5) is 39.3. The van der Waals surface area contributed by atoms with Crippen LogP contribution < -0.4 is 5.32 Å². The van der Waals surface area contributed by atoms with Gasteiger partial charge < -0.3 is 5.32 Å². The van der Waals surface area contributed by atoms with Gasteiger partial charge in [-0.3, -0.25) is 14.5 Å². The van der Waals surface area contributed by atoms with E-state index in [1.807, 2.05) is 0 Å². The van der Waals surface area contributed by atoms with Crippen LogP contribution in [0, 0.1) is 23.7 Å². The van der Waals surface area contributed by atoms with E-state index in [4.69, 9.17) is 0 Å². The molecule has 0 aromatic heterocycles. The minimum atomic E-state index is -4.57. The van der Waals surface area contributed by atoms with Gasteiger partial charge in [0, 0.05) is 5.56 Å². The molecule has 1 heterocycles. The SMILES string of the molecule is O=C(CN1C(=O)NC2(CC3CC2C2CCCC32)C1=O)c1cccc(C(F)(F)F)c1. The van der Waals surface area contributed by atoms with Crippen molar-refractivity contribution in [3.05, 3.63) is 35.4 Å². The molecule has 1 aromatic carbocycles. The second kappa shape index (κ2) is 6.06. The summed E-state index contributed by atoms with van der Waals surface area (Å²) in [6, 6.07) is 3.45. The summed E-state index contributed by atoms with van der Waals surface area (Å²) in [6.07, 6.45) is 0.372. The Morgan fingerprint density at radius 2 is 1.97 bits per heavy atom. The van der Waals surface area contributed by atoms with Crippen LogP contribution in [0.1, 0.15) is 48.0 Å². The van der Waals surface area contributed by atoms with Gasteiger partial charge in [-0.1, -0.05) is 18.6 Å². The van der Waals surface area contributed by atoms with E-state index in [0.29, 0.717) is 24.2 Å². The Morgan fingerprint density at radius 1 is 1.21 bits per heavy atom. The Balaban J connectivity index is 1.36. The summed E-state index contributed by atoms with van der Waals surface area (Å²) >= 11 is 0. The van der Waals surface area contributed by atoms with E-state index in [9.17, 15) is 27.6 Å². The van der Waals surface area contributed by atoms with E-state index >= 15 is 0 Å². The van der Waals surface area contributed by atoms with Gasteiger partial charge in [0.25, 0.3) is 5.91 Å². The number of alkyl halides is 3. The highest BCUT2D eigenvalue weighted by Gasteiger charge is 2.68. The molecule has 8 heteroatoms. The monoisotopic (exact) mass is 406 g/mol. The lowest BCUT2D eigenvalue weighted by molar-refractivity contribution is -0.137. The van der Waals surface area contributed by atoms with E-state index in [-0.39, 0.29) is 17.4 Å². The zero-order valence-corrected chi connectivity index (χ0v) is 15.7. The molecule has 154 valence electrons. The van der Waals surface area contributed by atoms with Crippen LogP contribution in [0.3, 0.4) is 0 Å². The maximum Gasteiger partial charge on any atom is 0.416 e. The average molecular weight is 406 g/mol. The minimum absolute atomic E-state index is 0.102. The lowest BCUT2D eigenvalue weighted by Crippen LogP contribution is -2.54. The van der Waals surface area contributed by atoms with Gasteiger partial charge in [-0.05, 0) is 61.5 Å². The fourth-order valence-corrected chi connectivity index (χ4v) is 6.43. The molecule has 1 saturated heterocycles. The van der Waals surface area contributed by atoms with Gasteiger partial charge in [-0.25, -0.2) is 4.79 Å². The molecule has 3 amide bonds. The van der Waals surface area contributed by atoms with Crippen LogP contribution in [0.5, 0.6) is 0 Å². The van der Waals surface area contributed by atoms with Gasteiger partial charge in [0.05, 0.1) is 12.1 Å². The van der Waals surface area contributed by atoms with Crippen molar-refractivity contribution in [3.8, 4) is 0 Å². The van der Waals surface area contributed by atoms with Crippen LogP contribution in [0.25, 0.3) is 0 Å². The van der Waals surface area contributed by atoms with E-state index in [1.165, 1.54) is 12.5 Å². The van der Waals surface area contributed by atoms with Crippen molar-refractivity contribution in [2.45, 2.75) is 43.8 Å². The molecule has 4 fully saturated rings. The number of nitrogens with one attached hydrogen (secondary N) is 1. The first kappa shape index (κ1) is 18.6. The maximum atomic E-state index is 13.2. The topological polar surface area (TPSA) is 66.5 Å². The second-order valence-electron chi connectivity index (χ2n) is 8.86. The third kappa shape index (κ3) is 2.64. The number of hydrogen-bond donors (Lipinski definition) is 1. The molecule has 5 nitrogen and oxygen atoms in total. The predicted molar refractivity (Wildman–Crippen MR) is 95.8 cm³/mol. The Bertz CT molecular complexity index is 915. The zero-order chi connectivity index (χ0) is 20.6. The largest absolute Gasteiger partial charge is 0.416 e. The number of urea groups is 1. The number of fused-ring (bicyclic) bond motifs is 6. The number of nitrogens with zero attached hydrogens (tertiary/aromatic N) is 1. The van der Waals surface area contributed by atoms with E-state index < -0.39 is 35.6 Å². The third-order valence-electron chi connectivity index (χ3n) is 7.54. The molecule has 4 aliphatic rings. The number of carbonyl (C=O) groups is 3. The van der Waals surface area contributed by atoms with Crippen LogP contribution >= 0.6 is 0 Å². The Hall–Kier alpha value is -2.38. The molecule has 3 aliphatic carbocycles. The number of ketones is 1. The van der Waals surface area contributed by atoms with Gasteiger partial charge in [-0.15, -0.1) is 0 Å². The summed E-state index contributed by atoms with van der Waals surface area (Å²) in [5.41, 5.74) is -2.02. The summed E-state index contributed by atoms with van der Waals surface area (Å²) < 4.78 is 38.7. The summed E-state index contributed by atoms with van der Waals surface area (Å²) in [5.74, 6) is 0.536. The molecule has 5 rings (SSSR count). The Morgan fingerprint density at radius 3 is 2.72 bits per heavy atom. The van der Waals surface area contributed by atoms with E-state index in [0.717, 1.165) is 42.4 Å². The van der Waals surface area contributed by atoms with Crippen molar-refractivity contribution >= 4 is 17.7 Å². The van der Waals surface area contributed by atoms with Gasteiger partial charge in [-0.2, -0.15) is 13.2 Å². The lowest BCUT2D eigenvalue weighted by atomic mass is 9.71. The van der Waals surface area contributed by atoms with Crippen LogP contribution in [0.2, 0.25) is 0 Å². The molecule has 1 aliphatic heterocycles. The lowest BCUT2D eigenvalue weighted by Gasteiger charge is -2.37. The summed E-state index contributed by atoms with van der Waals surface area (Å²) in [7, 11) is 0. The fourth-order valence-electron chi connectivity index (χ4n) is 6.43. The smallest absolute Gasteiger partial charge is 0.323 e. The van der Waals surface area contributed by atoms with Crippen molar-refractivity contribution in [3.63, 3.8) is 0 Å². The van der Waals surface area contributed by atoms with Crippen LogP contribution in [-0.4, -0.2) is 34.7 Å². The maximum absolute atomic E-state index is 13.2. The molecule has 1 N–H and O–H groups in total. The molecule has 5 unspecified atom stereocenters. The number of amides is 3. The summed E-state index contributed by atoms with van der Waals surface area (Å²) in [5, 5.41) is 2.87. The number of hydrogen-bond acceptors (Lipinski definition) is 3. The zero-order valence-electron chi connectivity index (χ0n) is 15.7. The highest BCUT2D eigenvalue weighted by Crippen LogP contribution is 2.63. The Kier molecular flexibility index (Phi) is 3.89. The fraction of sp³-hybridized carbons (Fsp3) is 0.571. The van der Waals surface area contributed by atoms with Crippen molar-refractivity contribution in [1.29, 1.82) is 0 Å². The van der Waals surface area contributed by atoms with Crippen molar-refractivity contribution < 1.29 is 27.6 Å². The predicted octanol–water partition coefficient (Wildman–Crippen LogP) is 3.63. The van der Waals surface area contributed by atoms with Crippen molar-refractivity contribution in [2.75, 3.05) is 6.54 Å². The molecular weight excluding hydrogens is 385 g/mol. The number of imide groups is 1. The molecule has 1 aromatic rings. The van der Waals surface area contributed by atoms with Crippen molar-refractivity contribution in [2.24, 2.45) is 23.7 Å². The number of halogens is 3. The standard InChI is InChI=1S/C21H21F3N2O3/c22-21(23,24)13-4-1-3-11(7-13)17(27)10-26-18(28)20(25-19(26)29)9-12-8-16(20)15-6-2-5-14(12)15/h1,3-4,7,12,14-16H,2,5-6,8-10H2,(H,25,29). The van der Waals surface area contributed by atoms with Crippen LogP contribution in [0.15, 0.2) is 24.3 Å². The first-order chi connectivity index (χ1) is 13.7. The number of rotatable bonds is 3.